The molecular formula is C16H29N3O. The van der Waals surface area contributed by atoms with Crippen LogP contribution >= 0.6 is 0 Å². The molecule has 1 fully saturated rings. The van der Waals surface area contributed by atoms with Gasteiger partial charge in [-0.05, 0) is 53.0 Å². The van der Waals surface area contributed by atoms with Crippen LogP contribution in [0, 0.1) is 6.92 Å². The van der Waals surface area contributed by atoms with Crippen molar-refractivity contribution < 1.29 is 4.42 Å². The minimum atomic E-state index is 0.716. The number of rotatable bonds is 7. The number of likely N-dealkylation sites (tertiary alicyclic amines) is 1. The summed E-state index contributed by atoms with van der Waals surface area (Å²) in [6, 6.07) is 2.92. The molecule has 20 heavy (non-hydrogen) atoms. The fraction of sp³-hybridized carbons (Fsp3) is 0.750. The Balaban J connectivity index is 1.86. The Morgan fingerprint density at radius 3 is 2.95 bits per heavy atom. The number of aryl methyl sites for hydroxylation is 1. The van der Waals surface area contributed by atoms with E-state index in [1.165, 1.54) is 24.9 Å². The molecule has 0 aliphatic carbocycles. The smallest absolute Gasteiger partial charge is 0.118 e. The zero-order chi connectivity index (χ0) is 14.5. The summed E-state index contributed by atoms with van der Waals surface area (Å²) in [5.74, 6) is 2.11. The Hall–Kier alpha value is -0.840. The molecule has 0 saturated carbocycles. The highest BCUT2D eigenvalue weighted by Crippen LogP contribution is 2.19. The van der Waals surface area contributed by atoms with Crippen LogP contribution in [0.4, 0.5) is 0 Å². The van der Waals surface area contributed by atoms with E-state index < -0.39 is 0 Å². The van der Waals surface area contributed by atoms with Gasteiger partial charge in [0, 0.05) is 24.7 Å². The maximum absolute atomic E-state index is 5.81. The Morgan fingerprint density at radius 1 is 1.50 bits per heavy atom. The van der Waals surface area contributed by atoms with Crippen LogP contribution in [0.1, 0.15) is 36.8 Å². The molecule has 1 aromatic rings. The SMILES string of the molecule is CCNCc1cc(CN(C)CC2CCCN2C)c(C)o1. The predicted molar refractivity (Wildman–Crippen MR) is 82.8 cm³/mol. The van der Waals surface area contributed by atoms with Gasteiger partial charge in [-0.25, -0.2) is 0 Å². The average Bonchev–Trinajstić information content (AvgIpc) is 2.95. The van der Waals surface area contributed by atoms with E-state index in [9.17, 15) is 0 Å². The third-order valence-corrected chi connectivity index (χ3v) is 4.26. The van der Waals surface area contributed by atoms with Crippen molar-refractivity contribution in [2.45, 2.75) is 45.8 Å². The van der Waals surface area contributed by atoms with Gasteiger partial charge in [0.1, 0.15) is 11.5 Å². The van der Waals surface area contributed by atoms with E-state index in [1.807, 2.05) is 0 Å². The van der Waals surface area contributed by atoms with Crippen LogP contribution in [0.5, 0.6) is 0 Å². The Kier molecular flexibility index (Phi) is 5.64. The monoisotopic (exact) mass is 279 g/mol. The summed E-state index contributed by atoms with van der Waals surface area (Å²) in [5.41, 5.74) is 1.32. The third kappa shape index (κ3) is 4.08. The molecular weight excluding hydrogens is 250 g/mol. The maximum atomic E-state index is 5.81. The molecule has 2 heterocycles. The van der Waals surface area contributed by atoms with Crippen molar-refractivity contribution in [1.29, 1.82) is 0 Å². The lowest BCUT2D eigenvalue weighted by molar-refractivity contribution is 0.215. The number of nitrogens with zero attached hydrogens (tertiary/aromatic N) is 2. The van der Waals surface area contributed by atoms with E-state index in [-0.39, 0.29) is 0 Å². The predicted octanol–water partition coefficient (Wildman–Crippen LogP) is 2.22. The second-order valence-corrected chi connectivity index (χ2v) is 6.05. The van der Waals surface area contributed by atoms with Crippen LogP contribution in [0.15, 0.2) is 10.5 Å². The molecule has 1 saturated heterocycles. The van der Waals surface area contributed by atoms with E-state index in [4.69, 9.17) is 4.42 Å². The molecule has 2 rings (SSSR count). The second-order valence-electron chi connectivity index (χ2n) is 6.05. The lowest BCUT2D eigenvalue weighted by atomic mass is 10.2. The van der Waals surface area contributed by atoms with Crippen LogP contribution in [0.2, 0.25) is 0 Å². The van der Waals surface area contributed by atoms with Gasteiger partial charge >= 0.3 is 0 Å². The number of nitrogens with one attached hydrogen (secondary N) is 1. The van der Waals surface area contributed by atoms with Crippen LogP contribution < -0.4 is 5.32 Å². The molecule has 1 aliphatic rings. The molecule has 114 valence electrons. The standard InChI is InChI=1S/C16H29N3O/c1-5-17-10-16-9-14(13(2)20-16)11-18(3)12-15-7-6-8-19(15)4/h9,15,17H,5-8,10-12H2,1-4H3. The summed E-state index contributed by atoms with van der Waals surface area (Å²) >= 11 is 0. The topological polar surface area (TPSA) is 31.6 Å². The fourth-order valence-corrected chi connectivity index (χ4v) is 3.00. The Morgan fingerprint density at radius 2 is 2.30 bits per heavy atom. The molecule has 0 aromatic carbocycles. The molecule has 1 atom stereocenters. The van der Waals surface area contributed by atoms with Gasteiger partial charge in [0.2, 0.25) is 0 Å². The first-order valence-electron chi connectivity index (χ1n) is 7.77. The highest BCUT2D eigenvalue weighted by Gasteiger charge is 2.22. The molecule has 4 nitrogen and oxygen atoms in total. The molecule has 0 radical (unpaired) electrons. The number of hydrogen-bond acceptors (Lipinski definition) is 4. The van der Waals surface area contributed by atoms with E-state index in [1.54, 1.807) is 0 Å². The molecule has 0 spiro atoms. The van der Waals surface area contributed by atoms with Gasteiger partial charge in [0.25, 0.3) is 0 Å². The van der Waals surface area contributed by atoms with Crippen molar-refractivity contribution >= 4 is 0 Å². The molecule has 1 unspecified atom stereocenters. The van der Waals surface area contributed by atoms with Crippen molar-refractivity contribution in [3.05, 3.63) is 23.2 Å². The lowest BCUT2D eigenvalue weighted by Gasteiger charge is -2.25. The van der Waals surface area contributed by atoms with Gasteiger partial charge in [-0.3, -0.25) is 0 Å². The zero-order valence-corrected chi connectivity index (χ0v) is 13.4. The Labute approximate surface area is 123 Å². The quantitative estimate of drug-likeness (QED) is 0.829. The maximum Gasteiger partial charge on any atom is 0.118 e. The van der Waals surface area contributed by atoms with Crippen LogP contribution in [-0.4, -0.2) is 49.6 Å². The van der Waals surface area contributed by atoms with Crippen molar-refractivity contribution in [2.24, 2.45) is 0 Å². The number of hydrogen-bond donors (Lipinski definition) is 1. The Bertz CT molecular complexity index is 416. The highest BCUT2D eigenvalue weighted by molar-refractivity contribution is 5.20. The van der Waals surface area contributed by atoms with Crippen LogP contribution in [-0.2, 0) is 13.1 Å². The highest BCUT2D eigenvalue weighted by atomic mass is 16.3. The van der Waals surface area contributed by atoms with E-state index in [2.05, 4.69) is 49.1 Å². The zero-order valence-electron chi connectivity index (χ0n) is 13.4. The molecule has 1 N–H and O–H groups in total. The first kappa shape index (κ1) is 15.5. The minimum Gasteiger partial charge on any atom is -0.465 e. The van der Waals surface area contributed by atoms with E-state index in [0.717, 1.165) is 37.7 Å². The summed E-state index contributed by atoms with van der Waals surface area (Å²) in [6.45, 7) is 9.35. The van der Waals surface area contributed by atoms with Gasteiger partial charge < -0.3 is 19.5 Å². The molecule has 1 aliphatic heterocycles. The third-order valence-electron chi connectivity index (χ3n) is 4.26. The summed E-state index contributed by atoms with van der Waals surface area (Å²) in [6.07, 6.45) is 2.67. The van der Waals surface area contributed by atoms with Gasteiger partial charge in [-0.1, -0.05) is 6.92 Å². The van der Waals surface area contributed by atoms with Gasteiger partial charge in [-0.15, -0.1) is 0 Å². The van der Waals surface area contributed by atoms with E-state index in [0.29, 0.717) is 6.04 Å². The average molecular weight is 279 g/mol. The molecule has 0 amide bonds. The van der Waals surface area contributed by atoms with Crippen molar-refractivity contribution in [3.63, 3.8) is 0 Å². The molecule has 0 bridgehead atoms. The van der Waals surface area contributed by atoms with Gasteiger partial charge in [0.15, 0.2) is 0 Å². The van der Waals surface area contributed by atoms with Crippen molar-refractivity contribution in [3.8, 4) is 0 Å². The van der Waals surface area contributed by atoms with Crippen LogP contribution in [0.25, 0.3) is 0 Å². The first-order chi connectivity index (χ1) is 9.60. The summed E-state index contributed by atoms with van der Waals surface area (Å²) in [7, 11) is 4.45. The largest absolute Gasteiger partial charge is 0.465 e. The molecule has 4 heteroatoms. The summed E-state index contributed by atoms with van der Waals surface area (Å²) in [5, 5.41) is 3.31. The fourth-order valence-electron chi connectivity index (χ4n) is 3.00. The van der Waals surface area contributed by atoms with Gasteiger partial charge in [0.05, 0.1) is 6.54 Å². The van der Waals surface area contributed by atoms with Gasteiger partial charge in [-0.2, -0.15) is 0 Å². The molecule has 1 aromatic heterocycles. The number of likely N-dealkylation sites (N-methyl/N-ethyl adjacent to an activating group) is 2. The second kappa shape index (κ2) is 7.25. The normalized spacial score (nSPS) is 20.1. The van der Waals surface area contributed by atoms with Crippen molar-refractivity contribution in [1.82, 2.24) is 15.1 Å². The summed E-state index contributed by atoms with van der Waals surface area (Å²) < 4.78 is 5.81. The van der Waals surface area contributed by atoms with E-state index >= 15 is 0 Å². The first-order valence-corrected chi connectivity index (χ1v) is 7.77. The number of furan rings is 1. The van der Waals surface area contributed by atoms with Crippen LogP contribution in [0.3, 0.4) is 0 Å². The minimum absolute atomic E-state index is 0.716. The van der Waals surface area contributed by atoms with Crippen molar-refractivity contribution in [2.75, 3.05) is 33.7 Å². The lowest BCUT2D eigenvalue weighted by Crippen LogP contribution is -2.36. The summed E-state index contributed by atoms with van der Waals surface area (Å²) in [4.78, 5) is 4.90.